The van der Waals surface area contributed by atoms with Gasteiger partial charge in [0.05, 0.1) is 11.7 Å². The predicted octanol–water partition coefficient (Wildman–Crippen LogP) is 4.96. The fourth-order valence-corrected chi connectivity index (χ4v) is 3.47. The first-order valence-electron chi connectivity index (χ1n) is 9.74. The van der Waals surface area contributed by atoms with E-state index in [1.165, 1.54) is 0 Å². The molecule has 1 unspecified atom stereocenters. The predicted molar refractivity (Wildman–Crippen MR) is 115 cm³/mol. The Bertz CT molecular complexity index is 957. The van der Waals surface area contributed by atoms with Crippen LogP contribution in [0.5, 0.6) is 11.5 Å². The summed E-state index contributed by atoms with van der Waals surface area (Å²) in [6.45, 7) is 1.88. The summed E-state index contributed by atoms with van der Waals surface area (Å²) >= 11 is 0. The fraction of sp³-hybridized carbons (Fsp3) is 0.208. The number of para-hydroxylation sites is 2. The molecule has 0 aromatic heterocycles. The molecule has 1 heterocycles. The van der Waals surface area contributed by atoms with E-state index in [4.69, 9.17) is 9.47 Å². The zero-order valence-electron chi connectivity index (χ0n) is 16.4. The number of benzene rings is 3. The highest BCUT2D eigenvalue weighted by Gasteiger charge is 2.22. The third-order valence-corrected chi connectivity index (χ3v) is 5.07. The van der Waals surface area contributed by atoms with Gasteiger partial charge in [0.25, 0.3) is 5.91 Å². The number of methoxy groups -OCH3 is 1. The van der Waals surface area contributed by atoms with Crippen LogP contribution in [0.15, 0.2) is 78.9 Å². The van der Waals surface area contributed by atoms with E-state index >= 15 is 0 Å². The molecule has 1 atom stereocenters. The number of carbonyl (C=O) groups is 1. The Morgan fingerprint density at radius 2 is 1.69 bits per heavy atom. The van der Waals surface area contributed by atoms with E-state index in [9.17, 15) is 4.79 Å². The van der Waals surface area contributed by atoms with Crippen molar-refractivity contribution in [1.82, 2.24) is 0 Å². The Labute approximate surface area is 170 Å². The van der Waals surface area contributed by atoms with Crippen molar-refractivity contribution in [2.24, 2.45) is 0 Å². The maximum atomic E-state index is 12.8. The van der Waals surface area contributed by atoms with Gasteiger partial charge in [-0.3, -0.25) is 4.79 Å². The lowest BCUT2D eigenvalue weighted by molar-refractivity contribution is 0.102. The first-order chi connectivity index (χ1) is 14.2. The summed E-state index contributed by atoms with van der Waals surface area (Å²) in [5.74, 6) is 1.01. The molecule has 1 N–H and O–H groups in total. The lowest BCUT2D eigenvalue weighted by Crippen LogP contribution is -2.22. The molecule has 0 spiro atoms. The molecule has 1 aliphatic heterocycles. The molecule has 1 aliphatic rings. The number of rotatable bonds is 6. The summed E-state index contributed by atoms with van der Waals surface area (Å²) in [7, 11) is 1.76. The number of nitrogens with one attached hydrogen (secondary N) is 1. The lowest BCUT2D eigenvalue weighted by Gasteiger charge is -2.19. The van der Waals surface area contributed by atoms with Crippen LogP contribution in [0.1, 0.15) is 16.8 Å². The quantitative estimate of drug-likeness (QED) is 0.649. The molecule has 3 aromatic carbocycles. The molecule has 0 saturated carbocycles. The van der Waals surface area contributed by atoms with Gasteiger partial charge in [-0.1, -0.05) is 30.3 Å². The number of ether oxygens (including phenoxy) is 2. The van der Waals surface area contributed by atoms with Gasteiger partial charge in [-0.05, 0) is 55.0 Å². The molecule has 5 heteroatoms. The monoisotopic (exact) mass is 388 g/mol. The average molecular weight is 388 g/mol. The fourth-order valence-electron chi connectivity index (χ4n) is 3.47. The van der Waals surface area contributed by atoms with Crippen molar-refractivity contribution in [3.8, 4) is 11.5 Å². The second kappa shape index (κ2) is 8.80. The van der Waals surface area contributed by atoms with Crippen molar-refractivity contribution in [3.05, 3.63) is 84.4 Å². The van der Waals surface area contributed by atoms with Crippen LogP contribution in [0.3, 0.4) is 0 Å². The summed E-state index contributed by atoms with van der Waals surface area (Å²) < 4.78 is 11.3. The molecule has 1 fully saturated rings. The van der Waals surface area contributed by atoms with E-state index in [-0.39, 0.29) is 12.0 Å². The zero-order valence-corrected chi connectivity index (χ0v) is 16.4. The number of hydrogen-bond donors (Lipinski definition) is 1. The van der Waals surface area contributed by atoms with E-state index in [1.807, 2.05) is 66.7 Å². The molecule has 1 amide bonds. The summed E-state index contributed by atoms with van der Waals surface area (Å²) in [6.07, 6.45) is 1.32. The van der Waals surface area contributed by atoms with Crippen LogP contribution in [0.25, 0.3) is 0 Å². The maximum absolute atomic E-state index is 12.8. The van der Waals surface area contributed by atoms with Crippen molar-refractivity contribution in [2.45, 2.75) is 12.5 Å². The minimum Gasteiger partial charge on any atom is -0.457 e. The average Bonchev–Trinajstić information content (AvgIpc) is 3.25. The van der Waals surface area contributed by atoms with Crippen LogP contribution >= 0.6 is 0 Å². The normalized spacial score (nSPS) is 15.9. The number of nitrogens with zero attached hydrogens (tertiary/aromatic N) is 1. The van der Waals surface area contributed by atoms with E-state index < -0.39 is 0 Å². The Kier molecular flexibility index (Phi) is 5.77. The topological polar surface area (TPSA) is 50.8 Å². The largest absolute Gasteiger partial charge is 0.457 e. The molecular formula is C24H24N2O3. The molecule has 29 heavy (non-hydrogen) atoms. The van der Waals surface area contributed by atoms with Crippen molar-refractivity contribution in [1.29, 1.82) is 0 Å². The molecule has 4 rings (SSSR count). The summed E-state index contributed by atoms with van der Waals surface area (Å²) in [4.78, 5) is 15.1. The van der Waals surface area contributed by atoms with Gasteiger partial charge in [-0.15, -0.1) is 0 Å². The standard InChI is InChI=1S/C24H24N2O3/c1-28-21-15-16-26(17-21)19-13-11-18(12-14-19)25-24(27)22-9-5-6-10-23(22)29-20-7-3-2-4-8-20/h2-14,21H,15-17H2,1H3,(H,25,27). The van der Waals surface area contributed by atoms with Crippen molar-refractivity contribution >= 4 is 17.3 Å². The first kappa shape index (κ1) is 19.0. The Balaban J connectivity index is 1.44. The van der Waals surface area contributed by atoms with E-state index in [0.29, 0.717) is 17.1 Å². The second-order valence-electron chi connectivity index (χ2n) is 7.00. The number of amides is 1. The Morgan fingerprint density at radius 3 is 2.41 bits per heavy atom. The molecule has 0 aliphatic carbocycles. The van der Waals surface area contributed by atoms with Gasteiger partial charge in [-0.2, -0.15) is 0 Å². The number of carbonyl (C=O) groups excluding carboxylic acids is 1. The van der Waals surface area contributed by atoms with E-state index in [1.54, 1.807) is 19.2 Å². The molecule has 3 aromatic rings. The van der Waals surface area contributed by atoms with Gasteiger partial charge in [-0.25, -0.2) is 0 Å². The third kappa shape index (κ3) is 4.58. The highest BCUT2D eigenvalue weighted by molar-refractivity contribution is 6.06. The molecule has 0 bridgehead atoms. The van der Waals surface area contributed by atoms with Crippen LogP contribution < -0.4 is 15.0 Å². The third-order valence-electron chi connectivity index (χ3n) is 5.07. The minimum atomic E-state index is -0.204. The smallest absolute Gasteiger partial charge is 0.259 e. The second-order valence-corrected chi connectivity index (χ2v) is 7.00. The highest BCUT2D eigenvalue weighted by atomic mass is 16.5. The highest BCUT2D eigenvalue weighted by Crippen LogP contribution is 2.27. The van der Waals surface area contributed by atoms with Gasteiger partial charge >= 0.3 is 0 Å². The number of hydrogen-bond acceptors (Lipinski definition) is 4. The lowest BCUT2D eigenvalue weighted by atomic mass is 10.1. The van der Waals surface area contributed by atoms with Gasteiger partial charge in [0.2, 0.25) is 0 Å². The van der Waals surface area contributed by atoms with Crippen LogP contribution in [0.4, 0.5) is 11.4 Å². The maximum Gasteiger partial charge on any atom is 0.259 e. The number of anilines is 2. The molecular weight excluding hydrogens is 364 g/mol. The van der Waals surface area contributed by atoms with Gasteiger partial charge < -0.3 is 19.7 Å². The van der Waals surface area contributed by atoms with Crippen LogP contribution in [0.2, 0.25) is 0 Å². The summed E-state index contributed by atoms with van der Waals surface area (Å²) in [5.41, 5.74) is 2.37. The minimum absolute atomic E-state index is 0.204. The SMILES string of the molecule is COC1CCN(c2ccc(NC(=O)c3ccccc3Oc3ccccc3)cc2)C1. The molecule has 0 radical (unpaired) electrons. The summed E-state index contributed by atoms with van der Waals surface area (Å²) in [6, 6.07) is 24.6. The van der Waals surface area contributed by atoms with Gasteiger partial charge in [0.1, 0.15) is 11.5 Å². The molecule has 5 nitrogen and oxygen atoms in total. The Hall–Kier alpha value is -3.31. The van der Waals surface area contributed by atoms with Gasteiger partial charge in [0.15, 0.2) is 0 Å². The van der Waals surface area contributed by atoms with Crippen LogP contribution in [-0.4, -0.2) is 32.2 Å². The van der Waals surface area contributed by atoms with Crippen molar-refractivity contribution in [3.63, 3.8) is 0 Å². The Morgan fingerprint density at radius 1 is 0.966 bits per heavy atom. The van der Waals surface area contributed by atoms with Gasteiger partial charge in [0, 0.05) is 31.6 Å². The molecule has 1 saturated heterocycles. The van der Waals surface area contributed by atoms with Crippen LogP contribution in [0, 0.1) is 0 Å². The zero-order chi connectivity index (χ0) is 20.1. The summed E-state index contributed by atoms with van der Waals surface area (Å²) in [5, 5.41) is 2.96. The van der Waals surface area contributed by atoms with Crippen molar-refractivity contribution in [2.75, 3.05) is 30.4 Å². The van der Waals surface area contributed by atoms with E-state index in [0.717, 1.165) is 30.9 Å². The molecule has 148 valence electrons. The van der Waals surface area contributed by atoms with E-state index in [2.05, 4.69) is 10.2 Å². The van der Waals surface area contributed by atoms with Crippen molar-refractivity contribution < 1.29 is 14.3 Å². The van der Waals surface area contributed by atoms with Crippen LogP contribution in [-0.2, 0) is 4.74 Å². The first-order valence-corrected chi connectivity index (χ1v) is 9.74.